The van der Waals surface area contributed by atoms with Gasteiger partial charge in [0.05, 0.1) is 13.7 Å². The van der Waals surface area contributed by atoms with Gasteiger partial charge in [-0.3, -0.25) is 4.79 Å². The molecule has 1 aliphatic rings. The van der Waals surface area contributed by atoms with Crippen molar-refractivity contribution in [1.29, 1.82) is 0 Å². The predicted octanol–water partition coefficient (Wildman–Crippen LogP) is 1.11. The number of primary amides is 1. The van der Waals surface area contributed by atoms with Crippen LogP contribution in [0.3, 0.4) is 0 Å². The number of carbonyl (C=O) groups is 1. The van der Waals surface area contributed by atoms with Crippen molar-refractivity contribution >= 4 is 15.9 Å². The standard InChI is InChI=1S/C14H20N2O4S/c1-20-12-8-4-5-9-13(12)21(18,19)16(10-14(15)17)11-6-2-3-7-11/h4-5,8-9,11H,2-3,6-7,10H2,1H3,(H2,15,17). The topological polar surface area (TPSA) is 89.7 Å². The quantitative estimate of drug-likeness (QED) is 0.852. The maximum Gasteiger partial charge on any atom is 0.247 e. The fraction of sp³-hybridized carbons (Fsp3) is 0.500. The molecule has 0 bridgehead atoms. The first-order chi connectivity index (χ1) is 9.96. The largest absolute Gasteiger partial charge is 0.495 e. The lowest BCUT2D eigenvalue weighted by atomic mass is 10.2. The van der Waals surface area contributed by atoms with E-state index >= 15 is 0 Å². The Morgan fingerprint density at radius 1 is 1.33 bits per heavy atom. The van der Waals surface area contributed by atoms with Gasteiger partial charge >= 0.3 is 0 Å². The second-order valence-corrected chi connectivity index (χ2v) is 6.96. The van der Waals surface area contributed by atoms with Gasteiger partial charge in [-0.2, -0.15) is 4.31 Å². The Hall–Kier alpha value is -1.60. The van der Waals surface area contributed by atoms with Gasteiger partial charge in [0.2, 0.25) is 15.9 Å². The van der Waals surface area contributed by atoms with E-state index in [2.05, 4.69) is 0 Å². The fourth-order valence-electron chi connectivity index (χ4n) is 2.71. The Morgan fingerprint density at radius 3 is 2.52 bits per heavy atom. The lowest BCUT2D eigenvalue weighted by Gasteiger charge is -2.27. The number of carbonyl (C=O) groups excluding carboxylic acids is 1. The Bertz CT molecular complexity index is 609. The molecule has 1 aliphatic carbocycles. The van der Waals surface area contributed by atoms with Gasteiger partial charge in [0.15, 0.2) is 0 Å². The lowest BCUT2D eigenvalue weighted by Crippen LogP contribution is -2.44. The van der Waals surface area contributed by atoms with E-state index in [1.165, 1.54) is 17.5 Å². The predicted molar refractivity (Wildman–Crippen MR) is 78.3 cm³/mol. The first-order valence-electron chi connectivity index (χ1n) is 6.90. The van der Waals surface area contributed by atoms with Crippen LogP contribution in [-0.2, 0) is 14.8 Å². The van der Waals surface area contributed by atoms with Gasteiger partial charge in [-0.05, 0) is 25.0 Å². The van der Waals surface area contributed by atoms with Gasteiger partial charge in [0.1, 0.15) is 10.6 Å². The molecule has 0 aromatic heterocycles. The number of benzene rings is 1. The molecule has 1 aromatic carbocycles. The molecule has 21 heavy (non-hydrogen) atoms. The van der Waals surface area contributed by atoms with Crippen molar-refractivity contribution in [3.8, 4) is 5.75 Å². The van der Waals surface area contributed by atoms with E-state index in [-0.39, 0.29) is 23.2 Å². The van der Waals surface area contributed by atoms with Crippen LogP contribution in [0.4, 0.5) is 0 Å². The molecule has 0 aliphatic heterocycles. The van der Waals surface area contributed by atoms with Crippen molar-refractivity contribution in [3.05, 3.63) is 24.3 Å². The van der Waals surface area contributed by atoms with E-state index in [1.807, 2.05) is 0 Å². The summed E-state index contributed by atoms with van der Waals surface area (Å²) in [6.07, 6.45) is 3.42. The van der Waals surface area contributed by atoms with Crippen molar-refractivity contribution in [2.24, 2.45) is 5.73 Å². The molecule has 2 N–H and O–H groups in total. The molecule has 1 aromatic rings. The maximum absolute atomic E-state index is 12.9. The highest BCUT2D eigenvalue weighted by molar-refractivity contribution is 7.89. The summed E-state index contributed by atoms with van der Waals surface area (Å²) < 4.78 is 32.1. The SMILES string of the molecule is COc1ccccc1S(=O)(=O)N(CC(N)=O)C1CCCC1. The average Bonchev–Trinajstić information content (AvgIpc) is 2.98. The molecule has 116 valence electrons. The second kappa shape index (κ2) is 6.44. The smallest absolute Gasteiger partial charge is 0.247 e. The molecular formula is C14H20N2O4S. The second-order valence-electron chi connectivity index (χ2n) is 5.11. The highest BCUT2D eigenvalue weighted by Gasteiger charge is 2.35. The summed E-state index contributed by atoms with van der Waals surface area (Å²) in [5.74, 6) is -0.384. The number of para-hydroxylation sites is 1. The zero-order valence-electron chi connectivity index (χ0n) is 12.0. The highest BCUT2D eigenvalue weighted by atomic mass is 32.2. The van der Waals surface area contributed by atoms with Crippen molar-refractivity contribution < 1.29 is 17.9 Å². The number of methoxy groups -OCH3 is 1. The van der Waals surface area contributed by atoms with Gasteiger partial charge in [-0.15, -0.1) is 0 Å². The number of rotatable bonds is 6. The molecular weight excluding hydrogens is 292 g/mol. The normalized spacial score (nSPS) is 16.3. The number of hydrogen-bond donors (Lipinski definition) is 1. The molecule has 2 rings (SSSR count). The van der Waals surface area contributed by atoms with Gasteiger partial charge in [-0.25, -0.2) is 8.42 Å². The molecule has 0 atom stereocenters. The van der Waals surface area contributed by atoms with E-state index in [4.69, 9.17) is 10.5 Å². The van der Waals surface area contributed by atoms with Crippen LogP contribution in [-0.4, -0.2) is 38.3 Å². The summed E-state index contributed by atoms with van der Waals surface area (Å²) in [4.78, 5) is 11.4. The summed E-state index contributed by atoms with van der Waals surface area (Å²) in [6.45, 7) is -0.301. The number of amides is 1. The minimum absolute atomic E-state index is 0.0700. The van der Waals surface area contributed by atoms with Crippen LogP contribution >= 0.6 is 0 Å². The molecule has 0 spiro atoms. The van der Waals surface area contributed by atoms with Gasteiger partial charge < -0.3 is 10.5 Å². The summed E-state index contributed by atoms with van der Waals surface area (Å²) in [6, 6.07) is 6.23. The zero-order valence-corrected chi connectivity index (χ0v) is 12.8. The zero-order chi connectivity index (χ0) is 15.5. The highest BCUT2D eigenvalue weighted by Crippen LogP contribution is 2.32. The number of sulfonamides is 1. The molecule has 6 nitrogen and oxygen atoms in total. The Labute approximate surface area is 124 Å². The van der Waals surface area contributed by atoms with E-state index in [0.717, 1.165) is 25.7 Å². The maximum atomic E-state index is 12.9. The van der Waals surface area contributed by atoms with Crippen molar-refractivity contribution in [2.45, 2.75) is 36.6 Å². The van der Waals surface area contributed by atoms with Crippen LogP contribution in [0.15, 0.2) is 29.2 Å². The van der Waals surface area contributed by atoms with Crippen LogP contribution in [0.25, 0.3) is 0 Å². The minimum Gasteiger partial charge on any atom is -0.495 e. The van der Waals surface area contributed by atoms with E-state index in [1.54, 1.807) is 18.2 Å². The van der Waals surface area contributed by atoms with Crippen molar-refractivity contribution in [2.75, 3.05) is 13.7 Å². The average molecular weight is 312 g/mol. The van der Waals surface area contributed by atoms with E-state index in [0.29, 0.717) is 0 Å². The molecule has 7 heteroatoms. The summed E-state index contributed by atoms with van der Waals surface area (Å²) in [5, 5.41) is 0. The number of hydrogen-bond acceptors (Lipinski definition) is 4. The minimum atomic E-state index is -3.81. The van der Waals surface area contributed by atoms with Crippen molar-refractivity contribution in [1.82, 2.24) is 4.31 Å². The molecule has 0 unspecified atom stereocenters. The Balaban J connectivity index is 2.43. The molecule has 0 heterocycles. The number of ether oxygens (including phenoxy) is 1. The Morgan fingerprint density at radius 2 is 1.95 bits per heavy atom. The van der Waals surface area contributed by atoms with Crippen LogP contribution in [0, 0.1) is 0 Å². The molecule has 1 amide bonds. The third-order valence-electron chi connectivity index (χ3n) is 3.70. The van der Waals surface area contributed by atoms with Crippen LogP contribution in [0.1, 0.15) is 25.7 Å². The summed E-state index contributed by atoms with van der Waals surface area (Å²) in [7, 11) is -2.40. The first-order valence-corrected chi connectivity index (χ1v) is 8.34. The number of nitrogens with zero attached hydrogens (tertiary/aromatic N) is 1. The summed E-state index contributed by atoms with van der Waals surface area (Å²) in [5.41, 5.74) is 5.23. The summed E-state index contributed by atoms with van der Waals surface area (Å²) >= 11 is 0. The fourth-order valence-corrected chi connectivity index (χ4v) is 4.52. The molecule has 0 radical (unpaired) electrons. The van der Waals surface area contributed by atoms with E-state index in [9.17, 15) is 13.2 Å². The van der Waals surface area contributed by atoms with Gasteiger partial charge in [-0.1, -0.05) is 25.0 Å². The first kappa shape index (κ1) is 15.8. The van der Waals surface area contributed by atoms with Crippen LogP contribution in [0.2, 0.25) is 0 Å². The Kier molecular flexibility index (Phi) is 4.84. The number of nitrogens with two attached hydrogens (primary N) is 1. The lowest BCUT2D eigenvalue weighted by molar-refractivity contribution is -0.118. The third-order valence-corrected chi connectivity index (χ3v) is 5.64. The van der Waals surface area contributed by atoms with Gasteiger partial charge in [0, 0.05) is 6.04 Å². The molecule has 0 saturated heterocycles. The van der Waals surface area contributed by atoms with Crippen molar-refractivity contribution in [3.63, 3.8) is 0 Å². The molecule has 1 fully saturated rings. The molecule has 1 saturated carbocycles. The monoisotopic (exact) mass is 312 g/mol. The third kappa shape index (κ3) is 3.36. The van der Waals surface area contributed by atoms with Gasteiger partial charge in [0.25, 0.3) is 0 Å². The van der Waals surface area contributed by atoms with Crippen LogP contribution in [0.5, 0.6) is 5.75 Å². The van der Waals surface area contributed by atoms with E-state index < -0.39 is 15.9 Å². The van der Waals surface area contributed by atoms with Crippen LogP contribution < -0.4 is 10.5 Å².